The van der Waals surface area contributed by atoms with E-state index in [1.165, 1.54) is 17.4 Å². The zero-order chi connectivity index (χ0) is 18.1. The van der Waals surface area contributed by atoms with E-state index in [1.807, 2.05) is 29.6 Å². The van der Waals surface area contributed by atoms with Crippen LogP contribution in [0.2, 0.25) is 0 Å². The predicted molar refractivity (Wildman–Crippen MR) is 102 cm³/mol. The summed E-state index contributed by atoms with van der Waals surface area (Å²) < 4.78 is 5.06. The van der Waals surface area contributed by atoms with E-state index in [0.717, 1.165) is 16.2 Å². The Bertz CT molecular complexity index is 756. The normalized spacial score (nSPS) is 10.3. The molecule has 1 aromatic heterocycles. The third kappa shape index (κ3) is 6.74. The predicted octanol–water partition coefficient (Wildman–Crippen LogP) is 2.03. The van der Waals surface area contributed by atoms with Gasteiger partial charge in [-0.15, -0.1) is 11.3 Å². The van der Waals surface area contributed by atoms with Crippen LogP contribution in [0.1, 0.15) is 10.4 Å². The van der Waals surface area contributed by atoms with Crippen LogP contribution in [0.15, 0.2) is 47.9 Å². The number of rotatable bonds is 5. The second-order valence-corrected chi connectivity index (χ2v) is 6.29. The maximum Gasteiger partial charge on any atom is 0.250 e. The van der Waals surface area contributed by atoms with Gasteiger partial charge in [-0.05, 0) is 47.4 Å². The standard InChI is InChI=1S/C17H17N3O3S2/c1-23-13-7-4-12(5-8-13)6-9-15(21)18-17(24)20-19-16(22)11-14-3-2-10-25-14/h2-10H,11H2,1H3,(H,19,22)(H2,18,20,21,24). The molecule has 8 heteroatoms. The number of hydrogen-bond acceptors (Lipinski definition) is 5. The number of methoxy groups -OCH3 is 1. The van der Waals surface area contributed by atoms with E-state index in [0.29, 0.717) is 0 Å². The van der Waals surface area contributed by atoms with Gasteiger partial charge in [0.1, 0.15) is 5.75 Å². The molecule has 6 nitrogen and oxygen atoms in total. The van der Waals surface area contributed by atoms with Crippen molar-refractivity contribution in [3.05, 3.63) is 58.3 Å². The second-order valence-electron chi connectivity index (χ2n) is 4.85. The highest BCUT2D eigenvalue weighted by molar-refractivity contribution is 7.80. The van der Waals surface area contributed by atoms with E-state index < -0.39 is 5.91 Å². The summed E-state index contributed by atoms with van der Waals surface area (Å²) in [5.74, 6) is 0.0962. The molecule has 3 N–H and O–H groups in total. The molecule has 25 heavy (non-hydrogen) atoms. The van der Waals surface area contributed by atoms with Gasteiger partial charge in [0.2, 0.25) is 11.8 Å². The number of amides is 2. The number of nitrogens with one attached hydrogen (secondary N) is 3. The van der Waals surface area contributed by atoms with Gasteiger partial charge in [0.25, 0.3) is 0 Å². The molecule has 0 aliphatic rings. The first-order valence-corrected chi connectivity index (χ1v) is 8.60. The van der Waals surface area contributed by atoms with Crippen LogP contribution in [0.25, 0.3) is 6.08 Å². The topological polar surface area (TPSA) is 79.5 Å². The average molecular weight is 375 g/mol. The van der Waals surface area contributed by atoms with E-state index in [9.17, 15) is 9.59 Å². The van der Waals surface area contributed by atoms with Gasteiger partial charge in [0, 0.05) is 11.0 Å². The Kier molecular flexibility index (Phi) is 7.12. The number of carbonyl (C=O) groups excluding carboxylic acids is 2. The Morgan fingerprint density at radius 2 is 1.96 bits per heavy atom. The molecule has 0 fully saturated rings. The summed E-state index contributed by atoms with van der Waals surface area (Å²) in [6.45, 7) is 0. The molecule has 2 amide bonds. The number of benzene rings is 1. The minimum Gasteiger partial charge on any atom is -0.497 e. The van der Waals surface area contributed by atoms with Gasteiger partial charge in [-0.25, -0.2) is 0 Å². The monoisotopic (exact) mass is 375 g/mol. The summed E-state index contributed by atoms with van der Waals surface area (Å²) in [6, 6.07) is 11.0. The number of hydrazine groups is 1. The first-order chi connectivity index (χ1) is 12.1. The third-order valence-corrected chi connectivity index (χ3v) is 4.09. The minimum absolute atomic E-state index is 0.0175. The van der Waals surface area contributed by atoms with Crippen molar-refractivity contribution in [3.8, 4) is 5.75 Å². The van der Waals surface area contributed by atoms with Crippen LogP contribution in [-0.2, 0) is 16.0 Å². The summed E-state index contributed by atoms with van der Waals surface area (Å²) >= 11 is 6.45. The molecule has 0 aliphatic carbocycles. The van der Waals surface area contributed by atoms with Crippen molar-refractivity contribution in [2.24, 2.45) is 0 Å². The zero-order valence-electron chi connectivity index (χ0n) is 13.4. The van der Waals surface area contributed by atoms with Crippen molar-refractivity contribution in [1.29, 1.82) is 0 Å². The number of hydrogen-bond donors (Lipinski definition) is 3. The molecule has 0 unspecified atom stereocenters. The summed E-state index contributed by atoms with van der Waals surface area (Å²) in [4.78, 5) is 24.4. The lowest BCUT2D eigenvalue weighted by Gasteiger charge is -2.09. The van der Waals surface area contributed by atoms with Crippen LogP contribution >= 0.6 is 23.6 Å². The van der Waals surface area contributed by atoms with Crippen LogP contribution in [0.5, 0.6) is 5.75 Å². The fourth-order valence-electron chi connectivity index (χ4n) is 1.81. The summed E-state index contributed by atoms with van der Waals surface area (Å²) in [6.07, 6.45) is 3.24. The number of thiophene rings is 1. The smallest absolute Gasteiger partial charge is 0.250 e. The van der Waals surface area contributed by atoms with Crippen molar-refractivity contribution in [2.45, 2.75) is 6.42 Å². The zero-order valence-corrected chi connectivity index (χ0v) is 15.1. The van der Waals surface area contributed by atoms with Crippen LogP contribution < -0.4 is 20.9 Å². The minimum atomic E-state index is -0.402. The van der Waals surface area contributed by atoms with E-state index in [1.54, 1.807) is 25.3 Å². The number of carbonyl (C=O) groups is 2. The second kappa shape index (κ2) is 9.55. The van der Waals surface area contributed by atoms with Crippen LogP contribution in [-0.4, -0.2) is 24.0 Å². The highest BCUT2D eigenvalue weighted by Crippen LogP contribution is 2.12. The molecule has 0 spiro atoms. The Labute approximate surface area is 154 Å². The van der Waals surface area contributed by atoms with Gasteiger partial charge >= 0.3 is 0 Å². The highest BCUT2D eigenvalue weighted by atomic mass is 32.1. The first-order valence-electron chi connectivity index (χ1n) is 7.31. The lowest BCUT2D eigenvalue weighted by atomic mass is 10.2. The van der Waals surface area contributed by atoms with E-state index in [-0.39, 0.29) is 17.4 Å². The molecular weight excluding hydrogens is 358 g/mol. The molecule has 130 valence electrons. The third-order valence-electron chi connectivity index (χ3n) is 3.01. The molecule has 2 aromatic rings. The molecule has 0 saturated carbocycles. The Hall–Kier alpha value is -2.71. The summed E-state index contributed by atoms with van der Waals surface area (Å²) in [5.41, 5.74) is 5.78. The van der Waals surface area contributed by atoms with Crippen molar-refractivity contribution in [2.75, 3.05) is 7.11 Å². The first kappa shape index (κ1) is 18.6. The van der Waals surface area contributed by atoms with Crippen molar-refractivity contribution in [3.63, 3.8) is 0 Å². The van der Waals surface area contributed by atoms with E-state index in [4.69, 9.17) is 17.0 Å². The molecule has 2 rings (SSSR count). The lowest BCUT2D eigenvalue weighted by molar-refractivity contribution is -0.121. The summed E-state index contributed by atoms with van der Waals surface area (Å²) in [7, 11) is 1.59. The van der Waals surface area contributed by atoms with Crippen LogP contribution in [0.4, 0.5) is 0 Å². The summed E-state index contributed by atoms with van der Waals surface area (Å²) in [5, 5.41) is 4.36. The molecule has 0 saturated heterocycles. The van der Waals surface area contributed by atoms with E-state index >= 15 is 0 Å². The quantitative estimate of drug-likeness (QED) is 0.423. The molecular formula is C17H17N3O3S2. The van der Waals surface area contributed by atoms with E-state index in [2.05, 4.69) is 16.2 Å². The number of ether oxygens (including phenoxy) is 1. The Balaban J connectivity index is 1.72. The van der Waals surface area contributed by atoms with Gasteiger partial charge < -0.3 is 4.74 Å². The highest BCUT2D eigenvalue weighted by Gasteiger charge is 2.05. The maximum atomic E-state index is 11.8. The molecule has 0 aliphatic heterocycles. The molecule has 1 heterocycles. The Morgan fingerprint density at radius 1 is 1.20 bits per heavy atom. The number of thiocarbonyl (C=S) groups is 1. The van der Waals surface area contributed by atoms with Crippen LogP contribution in [0.3, 0.4) is 0 Å². The molecule has 1 aromatic carbocycles. The Morgan fingerprint density at radius 3 is 2.60 bits per heavy atom. The van der Waals surface area contributed by atoms with Gasteiger partial charge in [0.15, 0.2) is 5.11 Å². The fraction of sp³-hybridized carbons (Fsp3) is 0.118. The lowest BCUT2D eigenvalue weighted by Crippen LogP contribution is -2.48. The van der Waals surface area contributed by atoms with Crippen molar-refractivity contribution < 1.29 is 14.3 Å². The van der Waals surface area contributed by atoms with Crippen LogP contribution in [0, 0.1) is 0 Å². The van der Waals surface area contributed by atoms with Gasteiger partial charge in [0.05, 0.1) is 13.5 Å². The fourth-order valence-corrected chi connectivity index (χ4v) is 2.67. The molecule has 0 atom stereocenters. The van der Waals surface area contributed by atoms with Gasteiger partial charge in [-0.1, -0.05) is 18.2 Å². The van der Waals surface area contributed by atoms with Gasteiger partial charge in [-0.3, -0.25) is 25.8 Å². The van der Waals surface area contributed by atoms with Crippen molar-refractivity contribution in [1.82, 2.24) is 16.2 Å². The molecule has 0 bridgehead atoms. The largest absolute Gasteiger partial charge is 0.497 e. The van der Waals surface area contributed by atoms with Crippen molar-refractivity contribution >= 4 is 46.6 Å². The average Bonchev–Trinajstić information content (AvgIpc) is 3.11. The maximum absolute atomic E-state index is 11.8. The SMILES string of the molecule is COc1ccc(C=CC(=O)NC(=S)NNC(=O)Cc2cccs2)cc1. The molecule has 0 radical (unpaired) electrons. The van der Waals surface area contributed by atoms with Gasteiger partial charge in [-0.2, -0.15) is 0 Å².